The summed E-state index contributed by atoms with van der Waals surface area (Å²) < 4.78 is 40.2. The highest BCUT2D eigenvalue weighted by Gasteiger charge is 2.35. The zero-order chi connectivity index (χ0) is 23.3. The van der Waals surface area contributed by atoms with Crippen LogP contribution in [0.1, 0.15) is 16.0 Å². The van der Waals surface area contributed by atoms with Gasteiger partial charge in [-0.3, -0.25) is 9.69 Å². The van der Waals surface area contributed by atoms with E-state index in [4.69, 9.17) is 0 Å². The minimum atomic E-state index is -4.50. The van der Waals surface area contributed by atoms with Gasteiger partial charge < -0.3 is 0 Å². The fourth-order valence-electron chi connectivity index (χ4n) is 3.65. The van der Waals surface area contributed by atoms with Crippen molar-refractivity contribution in [1.29, 1.82) is 0 Å². The second-order valence-electron chi connectivity index (χ2n) is 7.41. The zero-order valence-electron chi connectivity index (χ0n) is 17.4. The van der Waals surface area contributed by atoms with Crippen molar-refractivity contribution in [3.63, 3.8) is 0 Å². The van der Waals surface area contributed by atoms with E-state index in [0.29, 0.717) is 15.6 Å². The molecule has 3 heterocycles. The van der Waals surface area contributed by atoms with Gasteiger partial charge in [-0.2, -0.15) is 13.2 Å². The topological polar surface area (TPSA) is 46.1 Å². The monoisotopic (exact) mass is 503 g/mol. The quantitative estimate of drug-likeness (QED) is 0.218. The Labute approximate surface area is 200 Å². The van der Waals surface area contributed by atoms with Gasteiger partial charge >= 0.3 is 6.18 Å². The number of carbonyl (C=O) groups excluding carboxylic acids is 1. The zero-order valence-corrected chi connectivity index (χ0v) is 19.9. The molecule has 1 amide bonds. The van der Waals surface area contributed by atoms with Crippen LogP contribution in [-0.4, -0.2) is 21.6 Å². The SMILES string of the molecule is Cc1sc2ncnc(SCC(=O)N3c4ccccc4Sc4ccc(C(F)(F)F)cc43)c2c1C. The van der Waals surface area contributed by atoms with Gasteiger partial charge in [-0.1, -0.05) is 35.7 Å². The van der Waals surface area contributed by atoms with Gasteiger partial charge in [-0.25, -0.2) is 9.97 Å². The Morgan fingerprint density at radius 3 is 2.61 bits per heavy atom. The largest absolute Gasteiger partial charge is 0.416 e. The van der Waals surface area contributed by atoms with Crippen LogP contribution in [0.25, 0.3) is 10.2 Å². The molecule has 4 aromatic rings. The molecule has 0 radical (unpaired) electrons. The molecule has 168 valence electrons. The minimum Gasteiger partial charge on any atom is -0.278 e. The molecular weight excluding hydrogens is 487 g/mol. The van der Waals surface area contributed by atoms with E-state index in [1.807, 2.05) is 26.0 Å². The lowest BCUT2D eigenvalue weighted by atomic mass is 10.1. The standard InChI is InChI=1S/C23H16F3N3OS3/c1-12-13(2)32-22-20(12)21(27-11-28-22)31-10-19(30)29-15-5-3-4-6-17(15)33-18-8-7-14(9-16(18)29)23(24,25)26/h3-9,11H,10H2,1-2H3. The number of nitrogens with zero attached hydrogens (tertiary/aromatic N) is 3. The Morgan fingerprint density at radius 2 is 1.82 bits per heavy atom. The number of alkyl halides is 3. The Bertz CT molecular complexity index is 1400. The number of aromatic nitrogens is 2. The predicted octanol–water partition coefficient (Wildman–Crippen LogP) is 7.25. The number of hydrogen-bond donors (Lipinski definition) is 0. The van der Waals surface area contributed by atoms with Crippen LogP contribution < -0.4 is 4.90 Å². The summed E-state index contributed by atoms with van der Waals surface area (Å²) in [6.07, 6.45) is -3.02. The summed E-state index contributed by atoms with van der Waals surface area (Å²) in [7, 11) is 0. The van der Waals surface area contributed by atoms with Gasteiger partial charge in [0.1, 0.15) is 16.2 Å². The molecule has 2 aromatic carbocycles. The molecule has 0 N–H and O–H groups in total. The van der Waals surface area contributed by atoms with Gasteiger partial charge in [0.2, 0.25) is 5.91 Å². The first-order valence-corrected chi connectivity index (χ1v) is 12.5. The Morgan fingerprint density at radius 1 is 1.06 bits per heavy atom. The number of hydrogen-bond acceptors (Lipinski definition) is 6. The van der Waals surface area contributed by atoms with E-state index in [9.17, 15) is 18.0 Å². The van der Waals surface area contributed by atoms with Crippen LogP contribution in [0.15, 0.2) is 63.6 Å². The number of halogens is 3. The average molecular weight is 504 g/mol. The Kier molecular flexibility index (Phi) is 5.62. The molecule has 1 aliphatic heterocycles. The highest BCUT2D eigenvalue weighted by atomic mass is 32.2. The molecule has 0 spiro atoms. The number of rotatable bonds is 3. The molecule has 0 fully saturated rings. The van der Waals surface area contributed by atoms with E-state index in [-0.39, 0.29) is 17.3 Å². The summed E-state index contributed by atoms with van der Waals surface area (Å²) in [6.45, 7) is 4.01. The molecule has 4 nitrogen and oxygen atoms in total. The average Bonchev–Trinajstić information content (AvgIpc) is 3.08. The van der Waals surface area contributed by atoms with Crippen LogP contribution in [-0.2, 0) is 11.0 Å². The molecule has 0 saturated carbocycles. The lowest BCUT2D eigenvalue weighted by Crippen LogP contribution is -2.30. The maximum Gasteiger partial charge on any atom is 0.416 e. The summed E-state index contributed by atoms with van der Waals surface area (Å²) in [6, 6.07) is 10.8. The first-order chi connectivity index (χ1) is 15.7. The van der Waals surface area contributed by atoms with Gasteiger partial charge in [0.05, 0.1) is 22.7 Å². The molecule has 1 aliphatic rings. The summed E-state index contributed by atoms with van der Waals surface area (Å²) in [5.41, 5.74) is 1.11. The van der Waals surface area contributed by atoms with Gasteiger partial charge in [0, 0.05) is 20.1 Å². The van der Waals surface area contributed by atoms with E-state index in [0.717, 1.165) is 37.7 Å². The molecule has 5 rings (SSSR count). The third-order valence-corrected chi connectivity index (χ3v) is 8.59. The second kappa shape index (κ2) is 8.34. The fourth-order valence-corrected chi connectivity index (χ4v) is 6.66. The molecule has 10 heteroatoms. The van der Waals surface area contributed by atoms with Crippen molar-refractivity contribution in [2.24, 2.45) is 0 Å². The van der Waals surface area contributed by atoms with Crippen LogP contribution in [0, 0.1) is 13.8 Å². The van der Waals surface area contributed by atoms with E-state index in [2.05, 4.69) is 9.97 Å². The molecule has 0 atom stereocenters. The Hall–Kier alpha value is -2.56. The molecule has 33 heavy (non-hydrogen) atoms. The molecular formula is C23H16F3N3OS3. The lowest BCUT2D eigenvalue weighted by molar-refractivity contribution is -0.137. The van der Waals surface area contributed by atoms with Crippen molar-refractivity contribution in [2.45, 2.75) is 34.8 Å². The summed E-state index contributed by atoms with van der Waals surface area (Å²) in [4.78, 5) is 27.0. The van der Waals surface area contributed by atoms with Gasteiger partial charge in [-0.05, 0) is 49.7 Å². The fraction of sp³-hybridized carbons (Fsp3) is 0.174. The maximum atomic E-state index is 13.5. The lowest BCUT2D eigenvalue weighted by Gasteiger charge is -2.31. The van der Waals surface area contributed by atoms with Crippen LogP contribution in [0.3, 0.4) is 0 Å². The number of thiophene rings is 1. The number of anilines is 2. The normalized spacial score (nSPS) is 13.2. The number of benzene rings is 2. The number of thioether (sulfide) groups is 1. The number of amides is 1. The Balaban J connectivity index is 1.52. The smallest absolute Gasteiger partial charge is 0.278 e. The van der Waals surface area contributed by atoms with E-state index >= 15 is 0 Å². The van der Waals surface area contributed by atoms with Crippen molar-refractivity contribution >= 4 is 62.4 Å². The van der Waals surface area contributed by atoms with Crippen LogP contribution in [0.2, 0.25) is 0 Å². The van der Waals surface area contributed by atoms with E-state index in [1.54, 1.807) is 23.5 Å². The summed E-state index contributed by atoms with van der Waals surface area (Å²) in [5, 5.41) is 1.62. The van der Waals surface area contributed by atoms with Crippen molar-refractivity contribution in [2.75, 3.05) is 10.7 Å². The molecule has 0 bridgehead atoms. The number of fused-ring (bicyclic) bond motifs is 3. The van der Waals surface area contributed by atoms with Crippen LogP contribution >= 0.6 is 34.9 Å². The van der Waals surface area contributed by atoms with Crippen molar-refractivity contribution in [3.05, 3.63) is 64.8 Å². The number of para-hydroxylation sites is 1. The van der Waals surface area contributed by atoms with Gasteiger partial charge in [-0.15, -0.1) is 11.3 Å². The third-order valence-electron chi connectivity index (χ3n) is 5.37. The van der Waals surface area contributed by atoms with Gasteiger partial charge in [0.25, 0.3) is 0 Å². The van der Waals surface area contributed by atoms with Crippen molar-refractivity contribution in [3.8, 4) is 0 Å². The molecule has 2 aromatic heterocycles. The molecule has 0 aliphatic carbocycles. The summed E-state index contributed by atoms with van der Waals surface area (Å²) >= 11 is 4.20. The number of carbonyl (C=O) groups is 1. The first kappa shape index (κ1) is 22.2. The molecule has 0 unspecified atom stereocenters. The highest BCUT2D eigenvalue weighted by molar-refractivity contribution is 8.00. The van der Waals surface area contributed by atoms with E-state index < -0.39 is 11.7 Å². The predicted molar refractivity (Wildman–Crippen MR) is 127 cm³/mol. The highest BCUT2D eigenvalue weighted by Crippen LogP contribution is 2.50. The van der Waals surface area contributed by atoms with Crippen LogP contribution in [0.5, 0.6) is 0 Å². The number of aryl methyl sites for hydroxylation is 2. The second-order valence-corrected chi connectivity index (χ2v) is 10.7. The van der Waals surface area contributed by atoms with Crippen molar-refractivity contribution in [1.82, 2.24) is 9.97 Å². The van der Waals surface area contributed by atoms with Crippen molar-refractivity contribution < 1.29 is 18.0 Å². The summed E-state index contributed by atoms with van der Waals surface area (Å²) in [5.74, 6) is -0.292. The van der Waals surface area contributed by atoms with Gasteiger partial charge in [0.15, 0.2) is 0 Å². The van der Waals surface area contributed by atoms with E-state index in [1.165, 1.54) is 40.8 Å². The van der Waals surface area contributed by atoms with Crippen LogP contribution in [0.4, 0.5) is 24.5 Å². The maximum absolute atomic E-state index is 13.5. The first-order valence-electron chi connectivity index (χ1n) is 9.88. The minimum absolute atomic E-state index is 0.0230. The molecule has 0 saturated heterocycles. The third kappa shape index (κ3) is 4.00.